The monoisotopic (exact) mass is 410 g/mol. The van der Waals surface area contributed by atoms with E-state index in [9.17, 15) is 14.4 Å². The van der Waals surface area contributed by atoms with Gasteiger partial charge in [0.2, 0.25) is 16.9 Å². The highest BCUT2D eigenvalue weighted by Gasteiger charge is 2.35. The van der Waals surface area contributed by atoms with Crippen LogP contribution in [0.4, 0.5) is 5.13 Å². The van der Waals surface area contributed by atoms with Crippen LogP contribution in [0.1, 0.15) is 40.7 Å². The summed E-state index contributed by atoms with van der Waals surface area (Å²) in [4.78, 5) is 38.4. The zero-order chi connectivity index (χ0) is 18.7. The summed E-state index contributed by atoms with van der Waals surface area (Å²) in [6.45, 7) is 1.83. The molecular weight excluding hydrogens is 392 g/mol. The number of rotatable bonds is 9. The summed E-state index contributed by atoms with van der Waals surface area (Å²) in [7, 11) is 0. The molecular formula is C16H18N4O3S3. The molecule has 2 amide bonds. The number of ketones is 1. The molecule has 10 heteroatoms. The van der Waals surface area contributed by atoms with E-state index in [4.69, 9.17) is 5.73 Å². The number of hydrogen-bond acceptors (Lipinski definition) is 8. The molecule has 0 aliphatic heterocycles. The van der Waals surface area contributed by atoms with E-state index in [2.05, 4.69) is 10.2 Å². The van der Waals surface area contributed by atoms with Crippen LogP contribution >= 0.6 is 34.4 Å². The summed E-state index contributed by atoms with van der Waals surface area (Å²) >= 11 is 3.93. The van der Waals surface area contributed by atoms with Crippen LogP contribution in [0.5, 0.6) is 0 Å². The third-order valence-corrected chi connectivity index (χ3v) is 6.88. The van der Waals surface area contributed by atoms with Crippen LogP contribution in [-0.2, 0) is 16.0 Å². The average Bonchev–Trinajstić information content (AvgIpc) is 3.14. The molecule has 0 bridgehead atoms. The highest BCUT2D eigenvalue weighted by atomic mass is 32.2. The Morgan fingerprint density at radius 3 is 2.69 bits per heavy atom. The molecule has 1 aliphatic carbocycles. The van der Waals surface area contributed by atoms with Gasteiger partial charge in [0.1, 0.15) is 0 Å². The molecule has 7 nitrogen and oxygen atoms in total. The van der Waals surface area contributed by atoms with E-state index in [-0.39, 0.29) is 29.9 Å². The number of thiophene rings is 1. The molecule has 138 valence electrons. The number of hydrogen-bond donors (Lipinski definition) is 1. The Labute approximate surface area is 163 Å². The second-order valence-electron chi connectivity index (χ2n) is 5.82. The topological polar surface area (TPSA) is 106 Å². The number of thioether (sulfide) groups is 1. The molecule has 2 aromatic heterocycles. The van der Waals surface area contributed by atoms with Crippen molar-refractivity contribution >= 4 is 57.2 Å². The number of nitrogens with zero attached hydrogens (tertiary/aromatic N) is 3. The number of amides is 2. The first-order chi connectivity index (χ1) is 12.5. The van der Waals surface area contributed by atoms with Crippen molar-refractivity contribution in [2.45, 2.75) is 43.0 Å². The van der Waals surface area contributed by atoms with Gasteiger partial charge in [0, 0.05) is 17.3 Å². The number of nitrogens with two attached hydrogens (primary N) is 1. The lowest BCUT2D eigenvalue weighted by molar-refractivity contribution is -0.118. The molecule has 0 aromatic carbocycles. The summed E-state index contributed by atoms with van der Waals surface area (Å²) in [5, 5.41) is 8.83. The first kappa shape index (κ1) is 19.0. The van der Waals surface area contributed by atoms with Gasteiger partial charge in [-0.2, -0.15) is 0 Å². The van der Waals surface area contributed by atoms with E-state index in [0.717, 1.165) is 17.7 Å². The van der Waals surface area contributed by atoms with Crippen molar-refractivity contribution in [1.29, 1.82) is 0 Å². The first-order valence-electron chi connectivity index (χ1n) is 8.16. The Bertz CT molecular complexity index is 828. The zero-order valence-corrected chi connectivity index (χ0v) is 16.6. The minimum atomic E-state index is -0.413. The van der Waals surface area contributed by atoms with Crippen molar-refractivity contribution in [3.8, 4) is 0 Å². The molecule has 1 aliphatic rings. The SMILES string of the molecule is CCC(=O)N(c1nnc(SCC(=O)c2ccc(CC(N)=O)s2)s1)C1CC1. The number of primary amides is 1. The Kier molecular flexibility index (Phi) is 6.05. The largest absolute Gasteiger partial charge is 0.369 e. The molecule has 0 unspecified atom stereocenters. The lowest BCUT2D eigenvalue weighted by Gasteiger charge is -2.17. The predicted molar refractivity (Wildman–Crippen MR) is 103 cm³/mol. The fourth-order valence-electron chi connectivity index (χ4n) is 2.32. The summed E-state index contributed by atoms with van der Waals surface area (Å²) in [6.07, 6.45) is 2.58. The Morgan fingerprint density at radius 1 is 1.27 bits per heavy atom. The van der Waals surface area contributed by atoms with Gasteiger partial charge in [-0.05, 0) is 25.0 Å². The molecule has 2 heterocycles. The molecule has 0 radical (unpaired) electrons. The second kappa shape index (κ2) is 8.28. The van der Waals surface area contributed by atoms with Gasteiger partial charge in [-0.3, -0.25) is 19.3 Å². The van der Waals surface area contributed by atoms with Gasteiger partial charge in [0.25, 0.3) is 0 Å². The van der Waals surface area contributed by atoms with Gasteiger partial charge in [0.05, 0.1) is 17.1 Å². The minimum absolute atomic E-state index is 0.0313. The molecule has 26 heavy (non-hydrogen) atoms. The van der Waals surface area contributed by atoms with Crippen molar-refractivity contribution in [2.75, 3.05) is 10.7 Å². The molecule has 2 aromatic rings. The van der Waals surface area contributed by atoms with Gasteiger partial charge < -0.3 is 5.73 Å². The van der Waals surface area contributed by atoms with Crippen LogP contribution in [0.3, 0.4) is 0 Å². The van der Waals surface area contributed by atoms with Gasteiger partial charge in [0.15, 0.2) is 10.1 Å². The summed E-state index contributed by atoms with van der Waals surface area (Å²) in [5.74, 6) is -0.160. The third-order valence-electron chi connectivity index (χ3n) is 3.70. The van der Waals surface area contributed by atoms with E-state index in [1.807, 2.05) is 6.92 Å². The molecule has 0 atom stereocenters. The fourth-order valence-corrected chi connectivity index (χ4v) is 5.18. The van der Waals surface area contributed by atoms with Crippen molar-refractivity contribution in [3.05, 3.63) is 21.9 Å². The van der Waals surface area contributed by atoms with Crippen molar-refractivity contribution in [1.82, 2.24) is 10.2 Å². The van der Waals surface area contributed by atoms with Crippen LogP contribution in [0, 0.1) is 0 Å². The first-order valence-corrected chi connectivity index (χ1v) is 10.8. The molecule has 3 rings (SSSR count). The van der Waals surface area contributed by atoms with Crippen LogP contribution < -0.4 is 10.6 Å². The maximum Gasteiger partial charge on any atom is 0.228 e. The quantitative estimate of drug-likeness (QED) is 0.387. The zero-order valence-electron chi connectivity index (χ0n) is 14.1. The van der Waals surface area contributed by atoms with Gasteiger partial charge in [-0.1, -0.05) is 30.0 Å². The maximum absolute atomic E-state index is 12.3. The van der Waals surface area contributed by atoms with Crippen molar-refractivity contribution in [2.24, 2.45) is 5.73 Å². The van der Waals surface area contributed by atoms with Crippen LogP contribution in [0.15, 0.2) is 16.5 Å². The molecule has 1 fully saturated rings. The molecule has 2 N–H and O–H groups in total. The summed E-state index contributed by atoms with van der Waals surface area (Å²) in [5.41, 5.74) is 5.17. The number of Topliss-reactive ketones (excluding diaryl/α,β-unsaturated/α-hetero) is 1. The Hall–Kier alpha value is -1.78. The number of carbonyl (C=O) groups excluding carboxylic acids is 3. The minimum Gasteiger partial charge on any atom is -0.369 e. The van der Waals surface area contributed by atoms with Crippen molar-refractivity contribution in [3.63, 3.8) is 0 Å². The Morgan fingerprint density at radius 2 is 2.04 bits per heavy atom. The van der Waals surface area contributed by atoms with E-state index < -0.39 is 5.91 Å². The second-order valence-corrected chi connectivity index (χ2v) is 9.17. The van der Waals surface area contributed by atoms with E-state index >= 15 is 0 Å². The number of carbonyl (C=O) groups is 3. The van der Waals surface area contributed by atoms with Gasteiger partial charge in [-0.25, -0.2) is 0 Å². The normalized spacial score (nSPS) is 13.6. The smallest absolute Gasteiger partial charge is 0.228 e. The number of anilines is 1. The summed E-state index contributed by atoms with van der Waals surface area (Å²) in [6, 6.07) is 3.71. The van der Waals surface area contributed by atoms with Crippen molar-refractivity contribution < 1.29 is 14.4 Å². The van der Waals surface area contributed by atoms with E-state index in [1.165, 1.54) is 34.4 Å². The highest BCUT2D eigenvalue weighted by molar-refractivity contribution is 8.01. The van der Waals surface area contributed by atoms with Crippen LogP contribution in [0.25, 0.3) is 0 Å². The summed E-state index contributed by atoms with van der Waals surface area (Å²) < 4.78 is 0.664. The highest BCUT2D eigenvalue weighted by Crippen LogP contribution is 2.36. The lowest BCUT2D eigenvalue weighted by atomic mass is 10.3. The molecule has 0 spiro atoms. The molecule has 1 saturated carbocycles. The molecule has 0 saturated heterocycles. The standard InChI is InChI=1S/C16H18N4O3S3/c1-2-14(23)20(9-3-4-9)15-18-19-16(26-15)24-8-11(21)12-6-5-10(25-12)7-13(17)22/h5-6,9H,2-4,7-8H2,1H3,(H2,17,22). The lowest BCUT2D eigenvalue weighted by Crippen LogP contribution is -2.32. The maximum atomic E-state index is 12.3. The van der Waals surface area contributed by atoms with E-state index in [1.54, 1.807) is 17.0 Å². The average molecular weight is 411 g/mol. The van der Waals surface area contributed by atoms with Gasteiger partial charge in [-0.15, -0.1) is 21.5 Å². The van der Waals surface area contributed by atoms with Crippen LogP contribution in [0.2, 0.25) is 0 Å². The Balaban J connectivity index is 1.59. The fraction of sp³-hybridized carbons (Fsp3) is 0.438. The number of aromatic nitrogens is 2. The van der Waals surface area contributed by atoms with E-state index in [0.29, 0.717) is 20.8 Å². The predicted octanol–water partition coefficient (Wildman–Crippen LogP) is 2.51. The third kappa shape index (κ3) is 4.68. The van der Waals surface area contributed by atoms with Gasteiger partial charge >= 0.3 is 0 Å². The van der Waals surface area contributed by atoms with Crippen LogP contribution in [-0.4, -0.2) is 39.6 Å².